The molecule has 0 amide bonds. The average molecular weight is 255 g/mol. The number of thiophene rings is 1. The van der Waals surface area contributed by atoms with Crippen LogP contribution in [0.15, 0.2) is 17.5 Å². The number of nitrogens with one attached hydrogen (secondary N) is 1. The summed E-state index contributed by atoms with van der Waals surface area (Å²) in [5, 5.41) is 5.58. The third-order valence-electron chi connectivity index (χ3n) is 2.74. The Labute approximate surface area is 109 Å². The highest BCUT2D eigenvalue weighted by Crippen LogP contribution is 2.09. The number of rotatable bonds is 9. The number of ether oxygens (including phenoxy) is 1. The van der Waals surface area contributed by atoms with Crippen molar-refractivity contribution in [2.24, 2.45) is 5.92 Å². The number of hydrogen-bond acceptors (Lipinski definition) is 3. The van der Waals surface area contributed by atoms with Crippen LogP contribution in [0.2, 0.25) is 0 Å². The minimum absolute atomic E-state index is 0.600. The molecule has 0 aliphatic heterocycles. The molecule has 1 N–H and O–H groups in total. The van der Waals surface area contributed by atoms with Gasteiger partial charge in [0.05, 0.1) is 13.2 Å². The maximum atomic E-state index is 5.60. The topological polar surface area (TPSA) is 21.3 Å². The summed E-state index contributed by atoms with van der Waals surface area (Å²) >= 11 is 1.75. The first-order valence-corrected chi connectivity index (χ1v) is 7.40. The van der Waals surface area contributed by atoms with Crippen LogP contribution in [0.4, 0.5) is 0 Å². The summed E-state index contributed by atoms with van der Waals surface area (Å²) in [7, 11) is 0. The molecule has 0 saturated carbocycles. The van der Waals surface area contributed by atoms with E-state index in [9.17, 15) is 0 Å². The Morgan fingerprint density at radius 2 is 2.12 bits per heavy atom. The van der Waals surface area contributed by atoms with E-state index in [1.54, 1.807) is 11.3 Å². The van der Waals surface area contributed by atoms with Gasteiger partial charge in [0, 0.05) is 17.5 Å². The maximum Gasteiger partial charge on any atom is 0.0809 e. The third kappa shape index (κ3) is 7.53. The Bertz CT molecular complexity index is 272. The summed E-state index contributed by atoms with van der Waals surface area (Å²) in [6.07, 6.45) is 2.55. The molecule has 1 aromatic rings. The second-order valence-electron chi connectivity index (χ2n) is 4.96. The van der Waals surface area contributed by atoms with Crippen LogP contribution >= 0.6 is 11.3 Å². The van der Waals surface area contributed by atoms with Gasteiger partial charge in [-0.25, -0.2) is 0 Å². The van der Waals surface area contributed by atoms with Crippen LogP contribution in [0.5, 0.6) is 0 Å². The van der Waals surface area contributed by atoms with E-state index in [0.29, 0.717) is 6.04 Å². The fourth-order valence-corrected chi connectivity index (χ4v) is 2.27. The van der Waals surface area contributed by atoms with Crippen molar-refractivity contribution < 1.29 is 4.74 Å². The summed E-state index contributed by atoms with van der Waals surface area (Å²) in [6, 6.07) is 4.78. The van der Waals surface area contributed by atoms with E-state index in [-0.39, 0.29) is 0 Å². The van der Waals surface area contributed by atoms with Crippen molar-refractivity contribution in [2.75, 3.05) is 13.2 Å². The van der Waals surface area contributed by atoms with Gasteiger partial charge < -0.3 is 10.1 Å². The monoisotopic (exact) mass is 255 g/mol. The minimum Gasteiger partial charge on any atom is -0.375 e. The molecule has 0 aliphatic rings. The molecular formula is C14H25NOS. The molecule has 0 aromatic carbocycles. The molecule has 98 valence electrons. The van der Waals surface area contributed by atoms with Gasteiger partial charge in [0.15, 0.2) is 0 Å². The van der Waals surface area contributed by atoms with E-state index in [2.05, 4.69) is 43.6 Å². The van der Waals surface area contributed by atoms with Gasteiger partial charge in [0.25, 0.3) is 0 Å². The van der Waals surface area contributed by atoms with Gasteiger partial charge in [-0.3, -0.25) is 0 Å². The SMILES string of the molecule is CC(C)CCC(C)NCCOCc1cccs1. The first-order chi connectivity index (χ1) is 8.18. The Hall–Kier alpha value is -0.380. The van der Waals surface area contributed by atoms with Crippen molar-refractivity contribution in [1.29, 1.82) is 0 Å². The molecule has 1 aromatic heterocycles. The molecular weight excluding hydrogens is 230 g/mol. The zero-order valence-electron chi connectivity index (χ0n) is 11.2. The predicted molar refractivity (Wildman–Crippen MR) is 75.5 cm³/mol. The van der Waals surface area contributed by atoms with Crippen LogP contribution < -0.4 is 5.32 Å². The van der Waals surface area contributed by atoms with Gasteiger partial charge >= 0.3 is 0 Å². The Balaban J connectivity index is 1.93. The Morgan fingerprint density at radius 1 is 1.29 bits per heavy atom. The van der Waals surface area contributed by atoms with Crippen molar-refractivity contribution in [2.45, 2.75) is 46.3 Å². The molecule has 0 saturated heterocycles. The molecule has 1 atom stereocenters. The van der Waals surface area contributed by atoms with E-state index < -0.39 is 0 Å². The fourth-order valence-electron chi connectivity index (χ4n) is 1.63. The normalized spacial score (nSPS) is 13.2. The zero-order valence-corrected chi connectivity index (χ0v) is 12.1. The lowest BCUT2D eigenvalue weighted by atomic mass is 10.0. The second-order valence-corrected chi connectivity index (χ2v) is 5.99. The van der Waals surface area contributed by atoms with Crippen molar-refractivity contribution in [3.8, 4) is 0 Å². The van der Waals surface area contributed by atoms with E-state index in [1.165, 1.54) is 17.7 Å². The highest BCUT2D eigenvalue weighted by Gasteiger charge is 2.02. The van der Waals surface area contributed by atoms with Crippen molar-refractivity contribution in [3.05, 3.63) is 22.4 Å². The smallest absolute Gasteiger partial charge is 0.0809 e. The van der Waals surface area contributed by atoms with Crippen molar-refractivity contribution >= 4 is 11.3 Å². The molecule has 0 spiro atoms. The Kier molecular flexibility index (Phi) is 7.49. The standard InChI is InChI=1S/C14H25NOS/c1-12(2)6-7-13(3)15-8-9-16-11-14-5-4-10-17-14/h4-5,10,12-13,15H,6-9,11H2,1-3H3. The summed E-state index contributed by atoms with van der Waals surface area (Å²) in [6.45, 7) is 9.30. The molecule has 17 heavy (non-hydrogen) atoms. The van der Waals surface area contributed by atoms with Gasteiger partial charge in [-0.2, -0.15) is 0 Å². The summed E-state index contributed by atoms with van der Waals surface area (Å²) in [5.41, 5.74) is 0. The first-order valence-electron chi connectivity index (χ1n) is 6.52. The van der Waals surface area contributed by atoms with E-state index in [0.717, 1.165) is 25.7 Å². The molecule has 1 rings (SSSR count). The molecule has 2 nitrogen and oxygen atoms in total. The zero-order chi connectivity index (χ0) is 12.5. The van der Waals surface area contributed by atoms with Crippen LogP contribution in [-0.2, 0) is 11.3 Å². The maximum absolute atomic E-state index is 5.60. The van der Waals surface area contributed by atoms with E-state index in [1.807, 2.05) is 0 Å². The minimum atomic E-state index is 0.600. The molecule has 0 bridgehead atoms. The number of hydrogen-bond donors (Lipinski definition) is 1. The quantitative estimate of drug-likeness (QED) is 0.680. The molecule has 1 heterocycles. The van der Waals surface area contributed by atoms with Crippen LogP contribution in [0.25, 0.3) is 0 Å². The highest BCUT2D eigenvalue weighted by atomic mass is 32.1. The van der Waals surface area contributed by atoms with Gasteiger partial charge in [-0.05, 0) is 37.1 Å². The van der Waals surface area contributed by atoms with Gasteiger partial charge in [-0.1, -0.05) is 19.9 Å². The van der Waals surface area contributed by atoms with Crippen LogP contribution in [-0.4, -0.2) is 19.2 Å². The van der Waals surface area contributed by atoms with E-state index in [4.69, 9.17) is 4.74 Å². The molecule has 0 fully saturated rings. The van der Waals surface area contributed by atoms with Gasteiger partial charge in [-0.15, -0.1) is 11.3 Å². The first kappa shape index (κ1) is 14.7. The molecule has 3 heteroatoms. The third-order valence-corrected chi connectivity index (χ3v) is 3.59. The molecule has 0 radical (unpaired) electrons. The molecule has 1 unspecified atom stereocenters. The second kappa shape index (κ2) is 8.67. The van der Waals surface area contributed by atoms with Crippen LogP contribution in [0.1, 0.15) is 38.5 Å². The Morgan fingerprint density at radius 3 is 2.76 bits per heavy atom. The fraction of sp³-hybridized carbons (Fsp3) is 0.714. The van der Waals surface area contributed by atoms with Crippen LogP contribution in [0, 0.1) is 5.92 Å². The van der Waals surface area contributed by atoms with Crippen molar-refractivity contribution in [3.63, 3.8) is 0 Å². The average Bonchev–Trinajstić information content (AvgIpc) is 2.79. The molecule has 0 aliphatic carbocycles. The largest absolute Gasteiger partial charge is 0.375 e. The highest BCUT2D eigenvalue weighted by molar-refractivity contribution is 7.09. The van der Waals surface area contributed by atoms with Gasteiger partial charge in [0.2, 0.25) is 0 Å². The summed E-state index contributed by atoms with van der Waals surface area (Å²) in [5.74, 6) is 0.800. The van der Waals surface area contributed by atoms with Crippen LogP contribution in [0.3, 0.4) is 0 Å². The lowest BCUT2D eigenvalue weighted by molar-refractivity contribution is 0.122. The van der Waals surface area contributed by atoms with Crippen molar-refractivity contribution in [1.82, 2.24) is 5.32 Å². The lowest BCUT2D eigenvalue weighted by Crippen LogP contribution is -2.29. The van der Waals surface area contributed by atoms with E-state index >= 15 is 0 Å². The van der Waals surface area contributed by atoms with Gasteiger partial charge in [0.1, 0.15) is 0 Å². The predicted octanol–water partition coefficient (Wildman–Crippen LogP) is 3.68. The summed E-state index contributed by atoms with van der Waals surface area (Å²) < 4.78 is 5.60. The summed E-state index contributed by atoms with van der Waals surface area (Å²) in [4.78, 5) is 1.30. The lowest BCUT2D eigenvalue weighted by Gasteiger charge is -2.14.